The van der Waals surface area contributed by atoms with Crippen molar-refractivity contribution in [3.05, 3.63) is 53.6 Å². The van der Waals surface area contributed by atoms with E-state index in [4.69, 9.17) is 0 Å². The summed E-state index contributed by atoms with van der Waals surface area (Å²) >= 11 is 0. The topological polar surface area (TPSA) is 52.6 Å². The summed E-state index contributed by atoms with van der Waals surface area (Å²) < 4.78 is 87.0. The molecule has 0 N–H and O–H groups in total. The van der Waals surface area contributed by atoms with Gasteiger partial charge in [-0.2, -0.15) is 17.2 Å². The first-order valence-electron chi connectivity index (χ1n) is 5.69. The van der Waals surface area contributed by atoms with Crippen molar-refractivity contribution >= 4 is 10.1 Å². The lowest BCUT2D eigenvalue weighted by molar-refractivity contribution is 0.320. The van der Waals surface area contributed by atoms with Crippen molar-refractivity contribution in [3.63, 3.8) is 0 Å². The Balaban J connectivity index is 2.62. The van der Waals surface area contributed by atoms with Crippen LogP contribution in [0.5, 0.6) is 11.5 Å². The fourth-order valence-electron chi connectivity index (χ4n) is 1.63. The summed E-state index contributed by atoms with van der Waals surface area (Å²) in [4.78, 5) is -1.87. The largest absolute Gasteiger partial charge is 0.491 e. The molecule has 0 saturated heterocycles. The van der Waals surface area contributed by atoms with Crippen molar-refractivity contribution < 1.29 is 34.9 Å². The van der Waals surface area contributed by atoms with Gasteiger partial charge in [-0.1, -0.05) is 18.2 Å². The van der Waals surface area contributed by atoms with Gasteiger partial charge in [0.2, 0.25) is 11.6 Å². The van der Waals surface area contributed by atoms with E-state index < -0.39 is 44.0 Å². The first kappa shape index (κ1) is 16.1. The first-order chi connectivity index (χ1) is 10.3. The van der Waals surface area contributed by atoms with Crippen LogP contribution in [0.4, 0.5) is 17.6 Å². The quantitative estimate of drug-likeness (QED) is 0.489. The lowest BCUT2D eigenvalue weighted by atomic mass is 10.3. The number of methoxy groups -OCH3 is 1. The lowest BCUT2D eigenvalue weighted by Crippen LogP contribution is -2.17. The predicted octanol–water partition coefficient (Wildman–Crippen LogP) is 3.02. The van der Waals surface area contributed by atoms with Crippen LogP contribution in [0.3, 0.4) is 0 Å². The molecule has 0 amide bonds. The summed E-state index contributed by atoms with van der Waals surface area (Å²) in [6, 6.07) is 6.69. The molecule has 2 aromatic rings. The molecule has 9 heteroatoms. The standard InChI is InChI=1S/C13H8F4O4S/c1-20-12-8(14)10(16)13(11(17)9(12)15)22(18,19)21-7-5-3-2-4-6-7/h2-6H,1H3. The Labute approximate surface area is 123 Å². The lowest BCUT2D eigenvalue weighted by Gasteiger charge is -2.12. The van der Waals surface area contributed by atoms with Gasteiger partial charge in [0.05, 0.1) is 7.11 Å². The van der Waals surface area contributed by atoms with Gasteiger partial charge in [-0.15, -0.1) is 0 Å². The fraction of sp³-hybridized carbons (Fsp3) is 0.0769. The molecular weight excluding hydrogens is 328 g/mol. The monoisotopic (exact) mass is 336 g/mol. The van der Waals surface area contributed by atoms with Crippen molar-refractivity contribution in [1.82, 2.24) is 0 Å². The van der Waals surface area contributed by atoms with Gasteiger partial charge in [0, 0.05) is 0 Å². The zero-order valence-electron chi connectivity index (χ0n) is 10.9. The predicted molar refractivity (Wildman–Crippen MR) is 67.1 cm³/mol. The van der Waals surface area contributed by atoms with E-state index in [2.05, 4.69) is 8.92 Å². The van der Waals surface area contributed by atoms with Gasteiger partial charge in [-0.3, -0.25) is 0 Å². The third-order valence-corrected chi connectivity index (χ3v) is 3.86. The molecule has 0 saturated carbocycles. The zero-order valence-corrected chi connectivity index (χ0v) is 11.8. The highest BCUT2D eigenvalue weighted by Crippen LogP contribution is 2.33. The molecule has 0 aliphatic carbocycles. The molecule has 0 unspecified atom stereocenters. The van der Waals surface area contributed by atoms with E-state index >= 15 is 0 Å². The van der Waals surface area contributed by atoms with E-state index in [1.165, 1.54) is 30.3 Å². The van der Waals surface area contributed by atoms with Crippen molar-refractivity contribution in [3.8, 4) is 11.5 Å². The van der Waals surface area contributed by atoms with Crippen LogP contribution in [0.2, 0.25) is 0 Å². The minimum Gasteiger partial charge on any atom is -0.491 e. The van der Waals surface area contributed by atoms with Crippen LogP contribution < -0.4 is 8.92 Å². The van der Waals surface area contributed by atoms with Crippen LogP contribution in [-0.2, 0) is 10.1 Å². The molecule has 0 spiro atoms. The van der Waals surface area contributed by atoms with Crippen molar-refractivity contribution in [2.24, 2.45) is 0 Å². The van der Waals surface area contributed by atoms with Gasteiger partial charge in [0.15, 0.2) is 22.3 Å². The van der Waals surface area contributed by atoms with Gasteiger partial charge in [-0.25, -0.2) is 8.78 Å². The van der Waals surface area contributed by atoms with Gasteiger partial charge in [0.25, 0.3) is 0 Å². The molecule has 118 valence electrons. The van der Waals surface area contributed by atoms with E-state index in [-0.39, 0.29) is 5.75 Å². The van der Waals surface area contributed by atoms with Gasteiger partial charge in [-0.05, 0) is 12.1 Å². The van der Waals surface area contributed by atoms with E-state index in [0.717, 1.165) is 7.11 Å². The fourth-order valence-corrected chi connectivity index (χ4v) is 2.70. The summed E-state index contributed by atoms with van der Waals surface area (Å²) in [6.45, 7) is 0. The highest BCUT2D eigenvalue weighted by Gasteiger charge is 2.35. The van der Waals surface area contributed by atoms with Gasteiger partial charge in [0.1, 0.15) is 5.75 Å². The molecule has 0 bridgehead atoms. The van der Waals surface area contributed by atoms with E-state index in [0.29, 0.717) is 0 Å². The number of rotatable bonds is 4. The molecule has 0 heterocycles. The maximum Gasteiger partial charge on any atom is 0.345 e. The van der Waals surface area contributed by atoms with Crippen molar-refractivity contribution in [1.29, 1.82) is 0 Å². The summed E-state index contributed by atoms with van der Waals surface area (Å²) in [7, 11) is -4.36. The second-order valence-electron chi connectivity index (χ2n) is 3.97. The normalized spacial score (nSPS) is 11.3. The number of hydrogen-bond donors (Lipinski definition) is 0. The van der Waals surface area contributed by atoms with Crippen LogP contribution >= 0.6 is 0 Å². The molecule has 22 heavy (non-hydrogen) atoms. The average molecular weight is 336 g/mol. The Kier molecular flexibility index (Phi) is 4.27. The minimum atomic E-state index is -5.13. The molecule has 4 nitrogen and oxygen atoms in total. The summed E-state index contributed by atoms with van der Waals surface area (Å²) in [5.41, 5.74) is 0. The average Bonchev–Trinajstić information content (AvgIpc) is 2.46. The second-order valence-corrected chi connectivity index (χ2v) is 5.45. The maximum atomic E-state index is 13.8. The molecule has 2 aromatic carbocycles. The number of para-hydroxylation sites is 1. The Hall–Kier alpha value is -2.29. The van der Waals surface area contributed by atoms with E-state index in [1.54, 1.807) is 0 Å². The van der Waals surface area contributed by atoms with Crippen molar-refractivity contribution in [2.45, 2.75) is 4.90 Å². The Morgan fingerprint density at radius 2 is 1.36 bits per heavy atom. The molecule has 0 radical (unpaired) electrons. The summed E-state index contributed by atoms with van der Waals surface area (Å²) in [5.74, 6) is -9.86. The SMILES string of the molecule is COc1c(F)c(F)c(S(=O)(=O)Oc2ccccc2)c(F)c1F. The molecule has 0 fully saturated rings. The molecule has 0 aliphatic heterocycles. The molecule has 0 atom stereocenters. The van der Waals surface area contributed by atoms with Crippen LogP contribution in [0, 0.1) is 23.3 Å². The Morgan fingerprint density at radius 3 is 1.82 bits per heavy atom. The maximum absolute atomic E-state index is 13.8. The number of benzene rings is 2. The molecule has 0 aromatic heterocycles. The summed E-state index contributed by atoms with van der Waals surface area (Å²) in [5, 5.41) is 0. The molecular formula is C13H8F4O4S. The smallest absolute Gasteiger partial charge is 0.345 e. The molecule has 2 rings (SSSR count). The third-order valence-electron chi connectivity index (χ3n) is 2.59. The summed E-state index contributed by atoms with van der Waals surface area (Å²) in [6.07, 6.45) is 0. The van der Waals surface area contributed by atoms with Crippen LogP contribution in [0.1, 0.15) is 0 Å². The van der Waals surface area contributed by atoms with Crippen molar-refractivity contribution in [2.75, 3.05) is 7.11 Å². The van der Waals surface area contributed by atoms with E-state index in [9.17, 15) is 26.0 Å². The third kappa shape index (κ3) is 2.71. The Morgan fingerprint density at radius 1 is 0.864 bits per heavy atom. The molecule has 0 aliphatic rings. The van der Waals surface area contributed by atoms with Crippen LogP contribution in [0.15, 0.2) is 35.2 Å². The highest BCUT2D eigenvalue weighted by molar-refractivity contribution is 7.87. The highest BCUT2D eigenvalue weighted by atomic mass is 32.2. The van der Waals surface area contributed by atoms with Crippen LogP contribution in [-0.4, -0.2) is 15.5 Å². The Bertz CT molecular complexity index is 778. The van der Waals surface area contributed by atoms with E-state index in [1.807, 2.05) is 0 Å². The number of hydrogen-bond acceptors (Lipinski definition) is 4. The zero-order chi connectivity index (χ0) is 16.5. The van der Waals surface area contributed by atoms with Crippen LogP contribution in [0.25, 0.3) is 0 Å². The first-order valence-corrected chi connectivity index (χ1v) is 7.10. The minimum absolute atomic E-state index is 0.280. The number of ether oxygens (including phenoxy) is 1. The second kappa shape index (κ2) is 5.84. The van der Waals surface area contributed by atoms with Gasteiger partial charge < -0.3 is 8.92 Å². The number of halogens is 4. The van der Waals surface area contributed by atoms with Gasteiger partial charge >= 0.3 is 10.1 Å².